The average molecular weight is 262 g/mol. The van der Waals surface area contributed by atoms with Gasteiger partial charge in [-0.05, 0) is 44.2 Å². The Bertz CT molecular complexity index is 563. The summed E-state index contributed by atoms with van der Waals surface area (Å²) in [5.74, 6) is 0. The van der Waals surface area contributed by atoms with Crippen LogP contribution >= 0.6 is 11.3 Å². The van der Waals surface area contributed by atoms with Crippen LogP contribution in [-0.2, 0) is 12.8 Å². The fraction of sp³-hybridized carbons (Fsp3) is 0.538. The summed E-state index contributed by atoms with van der Waals surface area (Å²) in [6.45, 7) is 0.596. The van der Waals surface area contributed by atoms with E-state index in [1.807, 2.05) is 11.3 Å². The molecule has 0 amide bonds. The van der Waals surface area contributed by atoms with Crippen molar-refractivity contribution >= 4 is 21.6 Å². The molecule has 3 rings (SSSR count). The first kappa shape index (κ1) is 12.0. The third-order valence-electron chi connectivity index (χ3n) is 3.61. The van der Waals surface area contributed by atoms with Crippen LogP contribution in [0.4, 0.5) is 0 Å². The number of nitrogens with zero attached hydrogens (tertiary/aromatic N) is 2. The van der Waals surface area contributed by atoms with E-state index < -0.39 is 0 Å². The highest BCUT2D eigenvalue weighted by Gasteiger charge is 2.21. The predicted molar refractivity (Wildman–Crippen MR) is 74.7 cm³/mol. The zero-order valence-electron chi connectivity index (χ0n) is 10.4. The minimum atomic E-state index is -0.0684. The first-order valence-electron chi connectivity index (χ1n) is 6.52. The van der Waals surface area contributed by atoms with Crippen molar-refractivity contribution in [2.75, 3.05) is 6.54 Å². The molecule has 4 N–H and O–H groups in total. The molecule has 1 unspecified atom stereocenters. The number of nitrogens with two attached hydrogens (primary N) is 2. The first-order chi connectivity index (χ1) is 8.81. The summed E-state index contributed by atoms with van der Waals surface area (Å²) in [6, 6.07) is -0.0684. The van der Waals surface area contributed by atoms with Gasteiger partial charge in [-0.1, -0.05) is 0 Å². The maximum atomic E-state index is 6.20. The number of fused-ring (bicyclic) bond motifs is 3. The first-order valence-corrected chi connectivity index (χ1v) is 7.33. The summed E-state index contributed by atoms with van der Waals surface area (Å²) in [5, 5.41) is 1.22. The number of hydrogen-bond donors (Lipinski definition) is 2. The van der Waals surface area contributed by atoms with Gasteiger partial charge < -0.3 is 11.5 Å². The molecule has 5 heteroatoms. The molecule has 1 atom stereocenters. The fourth-order valence-electron chi connectivity index (χ4n) is 2.71. The van der Waals surface area contributed by atoms with Crippen molar-refractivity contribution in [2.45, 2.75) is 38.1 Å². The molecular formula is C13H18N4S. The Labute approximate surface area is 110 Å². The van der Waals surface area contributed by atoms with E-state index in [0.29, 0.717) is 6.54 Å². The highest BCUT2D eigenvalue weighted by atomic mass is 32.1. The minimum absolute atomic E-state index is 0.0684. The molecule has 2 heterocycles. The Balaban J connectivity index is 2.16. The van der Waals surface area contributed by atoms with Crippen molar-refractivity contribution in [3.63, 3.8) is 0 Å². The summed E-state index contributed by atoms with van der Waals surface area (Å²) in [6.07, 6.45) is 7.29. The largest absolute Gasteiger partial charge is 0.330 e. The van der Waals surface area contributed by atoms with E-state index in [1.165, 1.54) is 35.1 Å². The summed E-state index contributed by atoms with van der Waals surface area (Å²) in [7, 11) is 0. The fourth-order valence-corrected chi connectivity index (χ4v) is 3.95. The van der Waals surface area contributed by atoms with Gasteiger partial charge in [0.05, 0.1) is 5.69 Å². The number of thiophene rings is 1. The SMILES string of the molecule is NCCC(N)c1ncnc2sc3c(c12)CCCC3. The van der Waals surface area contributed by atoms with Crippen LogP contribution in [0.2, 0.25) is 0 Å². The second kappa shape index (κ2) is 4.91. The molecule has 4 nitrogen and oxygen atoms in total. The Morgan fingerprint density at radius 1 is 1.28 bits per heavy atom. The predicted octanol–water partition coefficient (Wildman–Crippen LogP) is 1.92. The van der Waals surface area contributed by atoms with Crippen molar-refractivity contribution in [1.82, 2.24) is 9.97 Å². The molecule has 0 spiro atoms. The van der Waals surface area contributed by atoms with Crippen LogP contribution in [0.3, 0.4) is 0 Å². The van der Waals surface area contributed by atoms with E-state index >= 15 is 0 Å². The Kier molecular flexibility index (Phi) is 3.28. The Morgan fingerprint density at radius 2 is 2.11 bits per heavy atom. The van der Waals surface area contributed by atoms with Gasteiger partial charge in [0, 0.05) is 16.3 Å². The molecule has 0 bridgehead atoms. The molecule has 0 radical (unpaired) electrons. The van der Waals surface area contributed by atoms with E-state index in [-0.39, 0.29) is 6.04 Å². The highest BCUT2D eigenvalue weighted by molar-refractivity contribution is 7.18. The number of aromatic nitrogens is 2. The lowest BCUT2D eigenvalue weighted by atomic mass is 9.94. The summed E-state index contributed by atoms with van der Waals surface area (Å²) in [5.41, 5.74) is 14.2. The molecule has 0 aliphatic heterocycles. The van der Waals surface area contributed by atoms with Crippen LogP contribution in [-0.4, -0.2) is 16.5 Å². The quantitative estimate of drug-likeness (QED) is 0.886. The van der Waals surface area contributed by atoms with Crippen LogP contribution in [0.5, 0.6) is 0 Å². The number of hydrogen-bond acceptors (Lipinski definition) is 5. The van der Waals surface area contributed by atoms with Gasteiger partial charge in [0.1, 0.15) is 11.2 Å². The topological polar surface area (TPSA) is 77.8 Å². The lowest BCUT2D eigenvalue weighted by Crippen LogP contribution is -2.17. The van der Waals surface area contributed by atoms with Crippen molar-refractivity contribution in [1.29, 1.82) is 0 Å². The van der Waals surface area contributed by atoms with E-state index in [4.69, 9.17) is 11.5 Å². The summed E-state index contributed by atoms with van der Waals surface area (Å²) in [4.78, 5) is 11.4. The molecule has 2 aromatic rings. The second-order valence-corrected chi connectivity index (χ2v) is 5.92. The molecule has 0 fully saturated rings. The van der Waals surface area contributed by atoms with Crippen LogP contribution in [0, 0.1) is 0 Å². The van der Waals surface area contributed by atoms with Gasteiger partial charge in [0.2, 0.25) is 0 Å². The minimum Gasteiger partial charge on any atom is -0.330 e. The van der Waals surface area contributed by atoms with Gasteiger partial charge in [-0.3, -0.25) is 0 Å². The Hall–Kier alpha value is -1.04. The van der Waals surface area contributed by atoms with Gasteiger partial charge >= 0.3 is 0 Å². The standard InChI is InChI=1S/C13H18N4S/c14-6-5-9(15)12-11-8-3-1-2-4-10(8)18-13(11)17-7-16-12/h7,9H,1-6,14-15H2. The molecule has 2 aromatic heterocycles. The smallest absolute Gasteiger partial charge is 0.127 e. The maximum Gasteiger partial charge on any atom is 0.127 e. The zero-order valence-corrected chi connectivity index (χ0v) is 11.2. The van der Waals surface area contributed by atoms with Crippen molar-refractivity contribution in [3.8, 4) is 0 Å². The van der Waals surface area contributed by atoms with Crippen molar-refractivity contribution < 1.29 is 0 Å². The van der Waals surface area contributed by atoms with E-state index in [2.05, 4.69) is 9.97 Å². The van der Waals surface area contributed by atoms with Crippen LogP contribution in [0.1, 0.15) is 41.4 Å². The van der Waals surface area contributed by atoms with Crippen molar-refractivity contribution in [2.24, 2.45) is 11.5 Å². The summed E-state index contributed by atoms with van der Waals surface area (Å²) < 4.78 is 0. The van der Waals surface area contributed by atoms with Crippen molar-refractivity contribution in [3.05, 3.63) is 22.5 Å². The molecule has 96 valence electrons. The number of rotatable bonds is 3. The second-order valence-electron chi connectivity index (χ2n) is 4.83. The van der Waals surface area contributed by atoms with Gasteiger partial charge in [-0.25, -0.2) is 9.97 Å². The normalized spacial score (nSPS) is 16.8. The van der Waals surface area contributed by atoms with Gasteiger partial charge in [-0.2, -0.15) is 0 Å². The molecular weight excluding hydrogens is 244 g/mol. The van der Waals surface area contributed by atoms with Gasteiger partial charge in [0.15, 0.2) is 0 Å². The highest BCUT2D eigenvalue weighted by Crippen LogP contribution is 2.37. The van der Waals surface area contributed by atoms with E-state index in [0.717, 1.165) is 23.4 Å². The molecule has 18 heavy (non-hydrogen) atoms. The third-order valence-corrected chi connectivity index (χ3v) is 4.81. The molecule has 1 aliphatic carbocycles. The molecule has 0 aromatic carbocycles. The van der Waals surface area contributed by atoms with Crippen LogP contribution in [0.25, 0.3) is 10.2 Å². The lowest BCUT2D eigenvalue weighted by molar-refractivity contribution is 0.644. The Morgan fingerprint density at radius 3 is 2.94 bits per heavy atom. The average Bonchev–Trinajstić information content (AvgIpc) is 2.77. The van der Waals surface area contributed by atoms with Gasteiger partial charge in [-0.15, -0.1) is 11.3 Å². The monoisotopic (exact) mass is 262 g/mol. The third kappa shape index (κ3) is 1.92. The van der Waals surface area contributed by atoms with E-state index in [1.54, 1.807) is 6.33 Å². The number of aryl methyl sites for hydroxylation is 2. The van der Waals surface area contributed by atoms with Crippen LogP contribution < -0.4 is 11.5 Å². The maximum absolute atomic E-state index is 6.20. The lowest BCUT2D eigenvalue weighted by Gasteiger charge is -2.14. The molecule has 0 saturated carbocycles. The summed E-state index contributed by atoms with van der Waals surface area (Å²) >= 11 is 1.81. The molecule has 1 aliphatic rings. The zero-order chi connectivity index (χ0) is 12.5. The van der Waals surface area contributed by atoms with Crippen LogP contribution in [0.15, 0.2) is 6.33 Å². The van der Waals surface area contributed by atoms with Gasteiger partial charge in [0.25, 0.3) is 0 Å². The molecule has 0 saturated heterocycles. The van der Waals surface area contributed by atoms with E-state index in [9.17, 15) is 0 Å².